The smallest absolute Gasteiger partial charge is 0.0237 e. The highest BCUT2D eigenvalue weighted by Gasteiger charge is 2.08. The summed E-state index contributed by atoms with van der Waals surface area (Å²) in [7, 11) is 0. The summed E-state index contributed by atoms with van der Waals surface area (Å²) in [5.74, 6) is 0. The van der Waals surface area contributed by atoms with E-state index in [0.717, 1.165) is 39.3 Å². The van der Waals surface area contributed by atoms with Gasteiger partial charge < -0.3 is 0 Å². The predicted octanol–water partition coefficient (Wildman–Crippen LogP) is 6.35. The Morgan fingerprint density at radius 2 is 0.867 bits per heavy atom. The first-order valence-corrected chi connectivity index (χ1v) is 11.2. The number of aryl methyl sites for hydroxylation is 2. The van der Waals surface area contributed by atoms with E-state index in [0.29, 0.717) is 0 Å². The molecule has 3 aromatic rings. The zero-order valence-corrected chi connectivity index (χ0v) is 19.1. The van der Waals surface area contributed by atoms with Crippen molar-refractivity contribution in [3.05, 3.63) is 106 Å². The third-order valence-electron chi connectivity index (χ3n) is 5.75. The fourth-order valence-corrected chi connectivity index (χ4v) is 3.81. The van der Waals surface area contributed by atoms with Crippen molar-refractivity contribution in [1.82, 2.24) is 9.80 Å². The average molecular weight is 401 g/mol. The molecule has 0 N–H and O–H groups in total. The van der Waals surface area contributed by atoms with Crippen molar-refractivity contribution in [3.8, 4) is 0 Å². The highest BCUT2D eigenvalue weighted by molar-refractivity contribution is 5.25. The van der Waals surface area contributed by atoms with Crippen molar-refractivity contribution in [2.45, 2.75) is 53.9 Å². The summed E-state index contributed by atoms with van der Waals surface area (Å²) in [6.45, 7) is 14.8. The van der Waals surface area contributed by atoms with Crippen LogP contribution in [0.1, 0.15) is 47.2 Å². The maximum absolute atomic E-state index is 2.51. The molecule has 0 radical (unpaired) electrons. The van der Waals surface area contributed by atoms with Gasteiger partial charge in [-0.3, -0.25) is 9.80 Å². The summed E-state index contributed by atoms with van der Waals surface area (Å²) in [5, 5.41) is 0. The highest BCUT2D eigenvalue weighted by atomic mass is 15.1. The molecule has 3 aromatic carbocycles. The molecule has 2 heteroatoms. The Labute approximate surface area is 183 Å². The molecule has 30 heavy (non-hydrogen) atoms. The molecule has 0 atom stereocenters. The minimum absolute atomic E-state index is 0.988. The van der Waals surface area contributed by atoms with E-state index in [9.17, 15) is 0 Å². The van der Waals surface area contributed by atoms with Gasteiger partial charge in [-0.2, -0.15) is 0 Å². The lowest BCUT2D eigenvalue weighted by Crippen LogP contribution is -2.23. The van der Waals surface area contributed by atoms with Crippen LogP contribution < -0.4 is 0 Å². The highest BCUT2D eigenvalue weighted by Crippen LogP contribution is 2.15. The normalized spacial score (nSPS) is 11.4. The van der Waals surface area contributed by atoms with Crippen LogP contribution in [0, 0.1) is 13.8 Å². The molecule has 0 saturated heterocycles. The third-order valence-corrected chi connectivity index (χ3v) is 5.75. The molecule has 158 valence electrons. The van der Waals surface area contributed by atoms with Crippen LogP contribution in [0.25, 0.3) is 0 Å². The SMILES string of the molecule is CCN(Cc1ccc(C)cc1)Cc1cccc(CN(CC)Cc2ccc(C)cc2)c1. The lowest BCUT2D eigenvalue weighted by molar-refractivity contribution is 0.267. The van der Waals surface area contributed by atoms with E-state index < -0.39 is 0 Å². The maximum Gasteiger partial charge on any atom is 0.0237 e. The van der Waals surface area contributed by atoms with Crippen LogP contribution in [-0.2, 0) is 26.2 Å². The second kappa shape index (κ2) is 11.1. The Morgan fingerprint density at radius 1 is 0.500 bits per heavy atom. The Hall–Kier alpha value is -2.42. The van der Waals surface area contributed by atoms with Gasteiger partial charge in [0.1, 0.15) is 0 Å². The third kappa shape index (κ3) is 6.83. The van der Waals surface area contributed by atoms with Gasteiger partial charge in [0.25, 0.3) is 0 Å². The van der Waals surface area contributed by atoms with E-state index in [4.69, 9.17) is 0 Å². The lowest BCUT2D eigenvalue weighted by atomic mass is 10.1. The first kappa shape index (κ1) is 22.3. The fourth-order valence-electron chi connectivity index (χ4n) is 3.81. The van der Waals surface area contributed by atoms with Crippen LogP contribution in [0.5, 0.6) is 0 Å². The van der Waals surface area contributed by atoms with E-state index in [1.807, 2.05) is 0 Å². The molecule has 2 nitrogen and oxygen atoms in total. The number of nitrogens with zero attached hydrogens (tertiary/aromatic N) is 2. The Balaban J connectivity index is 1.62. The molecule has 0 unspecified atom stereocenters. The molecular formula is C28H36N2. The Kier molecular flexibility index (Phi) is 8.24. The molecule has 0 heterocycles. The van der Waals surface area contributed by atoms with Crippen molar-refractivity contribution in [2.24, 2.45) is 0 Å². The second-order valence-corrected chi connectivity index (χ2v) is 8.40. The minimum atomic E-state index is 0.988. The molecule has 0 aliphatic heterocycles. The van der Waals surface area contributed by atoms with E-state index in [1.54, 1.807) is 0 Å². The fraction of sp³-hybridized carbons (Fsp3) is 0.357. The van der Waals surface area contributed by atoms with Gasteiger partial charge in [-0.1, -0.05) is 97.8 Å². The predicted molar refractivity (Wildman–Crippen MR) is 128 cm³/mol. The number of hydrogen-bond donors (Lipinski definition) is 0. The summed E-state index contributed by atoms with van der Waals surface area (Å²) in [6.07, 6.45) is 0. The summed E-state index contributed by atoms with van der Waals surface area (Å²) in [4.78, 5) is 5.02. The molecule has 0 aliphatic rings. The maximum atomic E-state index is 2.51. The molecule has 3 rings (SSSR count). The molecule has 0 aliphatic carbocycles. The van der Waals surface area contributed by atoms with Gasteiger partial charge in [-0.25, -0.2) is 0 Å². The van der Waals surface area contributed by atoms with Crippen molar-refractivity contribution >= 4 is 0 Å². The van der Waals surface area contributed by atoms with Gasteiger partial charge in [0.2, 0.25) is 0 Å². The van der Waals surface area contributed by atoms with E-state index in [-0.39, 0.29) is 0 Å². The average Bonchev–Trinajstić information content (AvgIpc) is 2.76. The van der Waals surface area contributed by atoms with Crippen LogP contribution in [0.15, 0.2) is 72.8 Å². The first-order chi connectivity index (χ1) is 14.6. The van der Waals surface area contributed by atoms with E-state index in [1.165, 1.54) is 33.4 Å². The van der Waals surface area contributed by atoms with Gasteiger partial charge in [0.05, 0.1) is 0 Å². The van der Waals surface area contributed by atoms with Crippen LogP contribution in [-0.4, -0.2) is 22.9 Å². The monoisotopic (exact) mass is 400 g/mol. The van der Waals surface area contributed by atoms with Gasteiger partial charge in [0.15, 0.2) is 0 Å². The molecule has 0 bridgehead atoms. The van der Waals surface area contributed by atoms with Crippen molar-refractivity contribution in [1.29, 1.82) is 0 Å². The van der Waals surface area contributed by atoms with Crippen molar-refractivity contribution in [2.75, 3.05) is 13.1 Å². The van der Waals surface area contributed by atoms with Crippen LogP contribution in [0.4, 0.5) is 0 Å². The quantitative estimate of drug-likeness (QED) is 0.391. The summed E-state index contributed by atoms with van der Waals surface area (Å²) < 4.78 is 0. The summed E-state index contributed by atoms with van der Waals surface area (Å²) in [5.41, 5.74) is 8.20. The molecule has 0 spiro atoms. The number of hydrogen-bond acceptors (Lipinski definition) is 2. The molecule has 0 fully saturated rings. The van der Waals surface area contributed by atoms with Gasteiger partial charge in [-0.05, 0) is 49.2 Å². The standard InChI is InChI=1S/C28H36N2/c1-5-29(19-25-14-10-23(3)11-15-25)21-27-8-7-9-28(18-27)22-30(6-2)20-26-16-12-24(4)13-17-26/h7-18H,5-6,19-22H2,1-4H3. The molecule has 0 saturated carbocycles. The first-order valence-electron chi connectivity index (χ1n) is 11.2. The van der Waals surface area contributed by atoms with Gasteiger partial charge in [-0.15, -0.1) is 0 Å². The van der Waals surface area contributed by atoms with E-state index in [2.05, 4.69) is 110 Å². The zero-order valence-electron chi connectivity index (χ0n) is 19.1. The zero-order chi connectivity index (χ0) is 21.3. The molecule has 0 aromatic heterocycles. The number of benzene rings is 3. The van der Waals surface area contributed by atoms with Crippen molar-refractivity contribution < 1.29 is 0 Å². The second-order valence-electron chi connectivity index (χ2n) is 8.40. The van der Waals surface area contributed by atoms with Crippen molar-refractivity contribution in [3.63, 3.8) is 0 Å². The molecule has 0 amide bonds. The Morgan fingerprint density at radius 3 is 1.23 bits per heavy atom. The Bertz CT molecular complexity index is 824. The summed E-state index contributed by atoms with van der Waals surface area (Å²) in [6, 6.07) is 26.9. The van der Waals surface area contributed by atoms with Gasteiger partial charge >= 0.3 is 0 Å². The van der Waals surface area contributed by atoms with Gasteiger partial charge in [0, 0.05) is 26.2 Å². The topological polar surface area (TPSA) is 6.48 Å². The molecular weight excluding hydrogens is 364 g/mol. The van der Waals surface area contributed by atoms with Crippen LogP contribution in [0.2, 0.25) is 0 Å². The minimum Gasteiger partial charge on any atom is -0.295 e. The van der Waals surface area contributed by atoms with E-state index >= 15 is 0 Å². The van der Waals surface area contributed by atoms with Crippen LogP contribution in [0.3, 0.4) is 0 Å². The largest absolute Gasteiger partial charge is 0.295 e. The summed E-state index contributed by atoms with van der Waals surface area (Å²) >= 11 is 0. The lowest BCUT2D eigenvalue weighted by Gasteiger charge is -2.23. The number of rotatable bonds is 10. The van der Waals surface area contributed by atoms with Crippen LogP contribution >= 0.6 is 0 Å².